The Balaban J connectivity index is 2.75. The lowest BCUT2D eigenvalue weighted by Crippen LogP contribution is -2.05. The number of nitrogens with two attached hydrogens (primary N) is 1. The molecule has 3 heteroatoms. The van der Waals surface area contributed by atoms with E-state index in [2.05, 4.69) is 4.98 Å². The van der Waals surface area contributed by atoms with Crippen molar-refractivity contribution >= 4 is 22.5 Å². The van der Waals surface area contributed by atoms with Gasteiger partial charge in [-0.05, 0) is 18.6 Å². The van der Waals surface area contributed by atoms with Crippen molar-refractivity contribution in [3.63, 3.8) is 0 Å². The van der Waals surface area contributed by atoms with E-state index in [1.165, 1.54) is 0 Å². The minimum absolute atomic E-state index is 0.00706. The molecule has 0 aliphatic carbocycles. The Morgan fingerprint density at radius 2 is 2.21 bits per heavy atom. The third-order valence-corrected chi connectivity index (χ3v) is 2.41. The topological polar surface area (TPSA) is 38.9 Å². The van der Waals surface area contributed by atoms with Crippen molar-refractivity contribution < 1.29 is 0 Å². The van der Waals surface area contributed by atoms with Crippen molar-refractivity contribution in [1.82, 2.24) is 4.98 Å². The highest BCUT2D eigenvalue weighted by Crippen LogP contribution is 2.23. The summed E-state index contributed by atoms with van der Waals surface area (Å²) in [5, 5.41) is 1.69. The predicted molar refractivity (Wildman–Crippen MR) is 59.4 cm³/mol. The molecule has 0 saturated carbocycles. The minimum atomic E-state index is -0.00706. The van der Waals surface area contributed by atoms with Crippen LogP contribution in [0.25, 0.3) is 10.9 Å². The predicted octanol–water partition coefficient (Wildman–Crippen LogP) is 2.91. The summed E-state index contributed by atoms with van der Waals surface area (Å²) >= 11 is 5.86. The average molecular weight is 207 g/mol. The molecule has 1 unspecified atom stereocenters. The summed E-state index contributed by atoms with van der Waals surface area (Å²) in [7, 11) is 0. The van der Waals surface area contributed by atoms with Crippen LogP contribution in [0.1, 0.15) is 18.5 Å². The first-order chi connectivity index (χ1) is 6.68. The fourth-order valence-corrected chi connectivity index (χ4v) is 1.69. The number of para-hydroxylation sites is 1. The molecule has 0 spiro atoms. The zero-order chi connectivity index (χ0) is 10.1. The van der Waals surface area contributed by atoms with Gasteiger partial charge in [0.1, 0.15) is 0 Å². The lowest BCUT2D eigenvalue weighted by molar-refractivity contribution is 0.824. The molecule has 1 aromatic carbocycles. The van der Waals surface area contributed by atoms with Crippen LogP contribution >= 0.6 is 11.6 Å². The Labute approximate surface area is 87.7 Å². The van der Waals surface area contributed by atoms with E-state index in [1.807, 2.05) is 31.2 Å². The summed E-state index contributed by atoms with van der Waals surface area (Å²) in [5.74, 6) is 0. The molecule has 72 valence electrons. The summed E-state index contributed by atoms with van der Waals surface area (Å²) in [6.45, 7) is 1.95. The standard InChI is InChI=1S/C11H11ClN2/c1-7(13)10-4-2-3-8-5-9(12)6-14-11(8)10/h2-7H,13H2,1H3. The second kappa shape index (κ2) is 3.56. The Morgan fingerprint density at radius 1 is 1.43 bits per heavy atom. The van der Waals surface area contributed by atoms with E-state index in [0.29, 0.717) is 5.02 Å². The molecule has 0 aliphatic heterocycles. The molecule has 0 bridgehead atoms. The van der Waals surface area contributed by atoms with Gasteiger partial charge in [-0.25, -0.2) is 0 Å². The van der Waals surface area contributed by atoms with Gasteiger partial charge < -0.3 is 5.73 Å². The number of nitrogens with zero attached hydrogens (tertiary/aromatic N) is 1. The fraction of sp³-hybridized carbons (Fsp3) is 0.182. The third kappa shape index (κ3) is 1.59. The normalized spacial score (nSPS) is 13.1. The maximum atomic E-state index is 5.86. The molecular weight excluding hydrogens is 196 g/mol. The Bertz CT molecular complexity index is 466. The molecule has 0 amide bonds. The number of hydrogen-bond acceptors (Lipinski definition) is 2. The van der Waals surface area contributed by atoms with Crippen molar-refractivity contribution in [2.24, 2.45) is 5.73 Å². The molecule has 2 rings (SSSR count). The molecule has 0 radical (unpaired) electrons. The van der Waals surface area contributed by atoms with E-state index < -0.39 is 0 Å². The van der Waals surface area contributed by atoms with E-state index in [9.17, 15) is 0 Å². The summed E-state index contributed by atoms with van der Waals surface area (Å²) < 4.78 is 0. The molecule has 2 nitrogen and oxygen atoms in total. The number of benzene rings is 1. The van der Waals surface area contributed by atoms with Crippen LogP contribution in [0.15, 0.2) is 30.5 Å². The van der Waals surface area contributed by atoms with Gasteiger partial charge in [-0.15, -0.1) is 0 Å². The minimum Gasteiger partial charge on any atom is -0.324 e. The van der Waals surface area contributed by atoms with Crippen LogP contribution in [0.5, 0.6) is 0 Å². The third-order valence-electron chi connectivity index (χ3n) is 2.20. The lowest BCUT2D eigenvalue weighted by Gasteiger charge is -2.08. The molecular formula is C11H11ClN2. The first kappa shape index (κ1) is 9.44. The van der Waals surface area contributed by atoms with Crippen molar-refractivity contribution in [2.75, 3.05) is 0 Å². The molecule has 0 aliphatic rings. The number of hydrogen-bond donors (Lipinski definition) is 1. The molecule has 0 saturated heterocycles. The number of aromatic nitrogens is 1. The van der Waals surface area contributed by atoms with Crippen LogP contribution in [-0.2, 0) is 0 Å². The number of rotatable bonds is 1. The average Bonchev–Trinajstić information content (AvgIpc) is 2.16. The van der Waals surface area contributed by atoms with Gasteiger partial charge in [0.15, 0.2) is 0 Å². The van der Waals surface area contributed by atoms with Crippen molar-refractivity contribution in [3.05, 3.63) is 41.0 Å². The quantitative estimate of drug-likeness (QED) is 0.779. The fourth-order valence-electron chi connectivity index (χ4n) is 1.52. The van der Waals surface area contributed by atoms with Crippen molar-refractivity contribution in [2.45, 2.75) is 13.0 Å². The molecule has 1 heterocycles. The van der Waals surface area contributed by atoms with Gasteiger partial charge in [0, 0.05) is 17.6 Å². The zero-order valence-electron chi connectivity index (χ0n) is 7.87. The first-order valence-electron chi connectivity index (χ1n) is 4.48. The Hall–Kier alpha value is -1.12. The van der Waals surface area contributed by atoms with E-state index >= 15 is 0 Å². The van der Waals surface area contributed by atoms with Crippen LogP contribution < -0.4 is 5.73 Å². The molecule has 14 heavy (non-hydrogen) atoms. The maximum Gasteiger partial charge on any atom is 0.0750 e. The molecule has 0 fully saturated rings. The van der Waals surface area contributed by atoms with E-state index in [0.717, 1.165) is 16.5 Å². The number of fused-ring (bicyclic) bond motifs is 1. The van der Waals surface area contributed by atoms with Gasteiger partial charge in [-0.2, -0.15) is 0 Å². The summed E-state index contributed by atoms with van der Waals surface area (Å²) in [6.07, 6.45) is 1.65. The van der Waals surface area contributed by atoms with Gasteiger partial charge in [0.25, 0.3) is 0 Å². The summed E-state index contributed by atoms with van der Waals surface area (Å²) in [4.78, 5) is 4.29. The second-order valence-electron chi connectivity index (χ2n) is 3.36. The second-order valence-corrected chi connectivity index (χ2v) is 3.80. The molecule has 1 atom stereocenters. The van der Waals surface area contributed by atoms with Gasteiger partial charge in [-0.1, -0.05) is 29.8 Å². The largest absolute Gasteiger partial charge is 0.324 e. The first-order valence-corrected chi connectivity index (χ1v) is 4.86. The zero-order valence-corrected chi connectivity index (χ0v) is 8.62. The van der Waals surface area contributed by atoms with Crippen molar-refractivity contribution in [1.29, 1.82) is 0 Å². The lowest BCUT2D eigenvalue weighted by atomic mass is 10.1. The summed E-state index contributed by atoms with van der Waals surface area (Å²) in [6, 6.07) is 7.84. The maximum absolute atomic E-state index is 5.86. The van der Waals surface area contributed by atoms with Gasteiger partial charge in [0.2, 0.25) is 0 Å². The monoisotopic (exact) mass is 206 g/mol. The van der Waals surface area contributed by atoms with Crippen LogP contribution in [0.2, 0.25) is 5.02 Å². The Morgan fingerprint density at radius 3 is 2.93 bits per heavy atom. The number of pyridine rings is 1. The van der Waals surface area contributed by atoms with Crippen LogP contribution in [0, 0.1) is 0 Å². The highest BCUT2D eigenvalue weighted by atomic mass is 35.5. The molecule has 1 aromatic heterocycles. The molecule has 2 aromatic rings. The van der Waals surface area contributed by atoms with E-state index in [4.69, 9.17) is 17.3 Å². The number of halogens is 1. The van der Waals surface area contributed by atoms with Crippen LogP contribution in [0.3, 0.4) is 0 Å². The highest BCUT2D eigenvalue weighted by molar-refractivity contribution is 6.31. The van der Waals surface area contributed by atoms with Crippen LogP contribution in [0.4, 0.5) is 0 Å². The summed E-state index contributed by atoms with van der Waals surface area (Å²) in [5.41, 5.74) is 7.84. The van der Waals surface area contributed by atoms with Crippen LogP contribution in [-0.4, -0.2) is 4.98 Å². The van der Waals surface area contributed by atoms with E-state index in [1.54, 1.807) is 6.20 Å². The SMILES string of the molecule is CC(N)c1cccc2cc(Cl)cnc12. The van der Waals surface area contributed by atoms with Gasteiger partial charge in [-0.3, -0.25) is 4.98 Å². The van der Waals surface area contributed by atoms with E-state index in [-0.39, 0.29) is 6.04 Å². The molecule has 2 N–H and O–H groups in total. The highest BCUT2D eigenvalue weighted by Gasteiger charge is 2.05. The van der Waals surface area contributed by atoms with Gasteiger partial charge in [0.05, 0.1) is 10.5 Å². The van der Waals surface area contributed by atoms with Crippen molar-refractivity contribution in [3.8, 4) is 0 Å². The smallest absolute Gasteiger partial charge is 0.0750 e. The Kier molecular flexibility index (Phi) is 2.40. The van der Waals surface area contributed by atoms with Gasteiger partial charge >= 0.3 is 0 Å².